The van der Waals surface area contributed by atoms with Crippen molar-refractivity contribution in [3.63, 3.8) is 0 Å². The van der Waals surface area contributed by atoms with Gasteiger partial charge in [0.1, 0.15) is 6.33 Å². The van der Waals surface area contributed by atoms with Crippen LogP contribution in [0.15, 0.2) is 34.3 Å². The molecule has 0 radical (unpaired) electrons. The maximum Gasteiger partial charge on any atom is 0.167 e. The summed E-state index contributed by atoms with van der Waals surface area (Å²) in [7, 11) is 0. The number of fused-ring (bicyclic) bond motifs is 1. The van der Waals surface area contributed by atoms with Gasteiger partial charge in [0.25, 0.3) is 0 Å². The third kappa shape index (κ3) is 2.12. The van der Waals surface area contributed by atoms with Gasteiger partial charge in [-0.05, 0) is 29.3 Å². The molecule has 3 rings (SSSR count). The molecular formula is C12H10N4S2. The van der Waals surface area contributed by atoms with Crippen molar-refractivity contribution in [2.24, 2.45) is 5.10 Å². The maximum atomic E-state index is 4.27. The molecule has 3 heterocycles. The maximum absolute atomic E-state index is 4.27. The van der Waals surface area contributed by atoms with Gasteiger partial charge in [0.05, 0.1) is 16.4 Å². The molecular weight excluding hydrogens is 264 g/mol. The van der Waals surface area contributed by atoms with E-state index in [-0.39, 0.29) is 0 Å². The first-order chi connectivity index (χ1) is 8.84. The van der Waals surface area contributed by atoms with Crippen molar-refractivity contribution in [3.05, 3.63) is 39.7 Å². The van der Waals surface area contributed by atoms with Gasteiger partial charge in [0, 0.05) is 4.88 Å². The minimum absolute atomic E-state index is 0.755. The second-order valence-electron chi connectivity index (χ2n) is 3.70. The van der Waals surface area contributed by atoms with E-state index in [1.807, 2.05) is 24.4 Å². The van der Waals surface area contributed by atoms with Gasteiger partial charge in [-0.15, -0.1) is 22.7 Å². The highest BCUT2D eigenvalue weighted by molar-refractivity contribution is 7.18. The topological polar surface area (TPSA) is 50.2 Å². The van der Waals surface area contributed by atoms with E-state index in [1.54, 1.807) is 35.2 Å². The lowest BCUT2D eigenvalue weighted by Gasteiger charge is -1.99. The van der Waals surface area contributed by atoms with Crippen LogP contribution in [0.1, 0.15) is 10.4 Å². The summed E-state index contributed by atoms with van der Waals surface area (Å²) in [5.74, 6) is 0.755. The Hall–Kier alpha value is -1.79. The first kappa shape index (κ1) is 11.3. The summed E-state index contributed by atoms with van der Waals surface area (Å²) in [5.41, 5.74) is 5.13. The zero-order valence-electron chi connectivity index (χ0n) is 9.62. The number of hydrogen-bond donors (Lipinski definition) is 1. The summed E-state index contributed by atoms with van der Waals surface area (Å²) < 4.78 is 1.04. The van der Waals surface area contributed by atoms with Crippen LogP contribution in [0.25, 0.3) is 10.2 Å². The fourth-order valence-electron chi connectivity index (χ4n) is 1.57. The molecule has 3 aromatic heterocycles. The summed E-state index contributed by atoms with van der Waals surface area (Å²) >= 11 is 3.28. The molecule has 18 heavy (non-hydrogen) atoms. The summed E-state index contributed by atoms with van der Waals surface area (Å²) in [4.78, 5) is 9.59. The molecule has 3 aromatic rings. The Kier molecular flexibility index (Phi) is 3.04. The van der Waals surface area contributed by atoms with Crippen molar-refractivity contribution in [1.82, 2.24) is 9.97 Å². The molecule has 0 fully saturated rings. The molecule has 4 nitrogen and oxygen atoms in total. The molecule has 0 amide bonds. The van der Waals surface area contributed by atoms with Crippen molar-refractivity contribution < 1.29 is 0 Å². The lowest BCUT2D eigenvalue weighted by atomic mass is 10.3. The average Bonchev–Trinajstić information content (AvgIpc) is 3.01. The first-order valence-corrected chi connectivity index (χ1v) is 7.12. The van der Waals surface area contributed by atoms with E-state index < -0.39 is 0 Å². The number of thiophene rings is 2. The van der Waals surface area contributed by atoms with Crippen molar-refractivity contribution in [2.45, 2.75) is 6.92 Å². The minimum Gasteiger partial charge on any atom is -0.260 e. The van der Waals surface area contributed by atoms with Crippen LogP contribution in [-0.4, -0.2) is 16.2 Å². The standard InChI is InChI=1S/C12H10N4S2/c1-8-6-18-11-10(8)13-7-14-12(11)16-15-5-9-3-2-4-17-9/h2-7H,1H3,(H,13,14,16). The van der Waals surface area contributed by atoms with Crippen molar-refractivity contribution in [2.75, 3.05) is 5.43 Å². The summed E-state index contributed by atoms with van der Waals surface area (Å²) in [6, 6.07) is 4.01. The van der Waals surface area contributed by atoms with Crippen LogP contribution in [0.5, 0.6) is 0 Å². The van der Waals surface area contributed by atoms with Gasteiger partial charge in [0.2, 0.25) is 0 Å². The molecule has 0 aliphatic carbocycles. The van der Waals surface area contributed by atoms with Crippen LogP contribution in [0, 0.1) is 6.92 Å². The van der Waals surface area contributed by atoms with Crippen LogP contribution < -0.4 is 5.43 Å². The van der Waals surface area contributed by atoms with E-state index in [4.69, 9.17) is 0 Å². The van der Waals surface area contributed by atoms with Crippen LogP contribution >= 0.6 is 22.7 Å². The second kappa shape index (κ2) is 4.83. The SMILES string of the molecule is Cc1csc2c(NN=Cc3cccs3)ncnc12. The van der Waals surface area contributed by atoms with Gasteiger partial charge in [0.15, 0.2) is 5.82 Å². The highest BCUT2D eigenvalue weighted by Gasteiger charge is 2.06. The predicted octanol–water partition coefficient (Wildman–Crippen LogP) is 3.51. The Bertz CT molecular complexity index is 685. The van der Waals surface area contributed by atoms with Crippen LogP contribution in [0.3, 0.4) is 0 Å². The van der Waals surface area contributed by atoms with E-state index >= 15 is 0 Å². The molecule has 1 N–H and O–H groups in total. The number of hydrogen-bond acceptors (Lipinski definition) is 6. The Morgan fingerprint density at radius 1 is 1.33 bits per heavy atom. The van der Waals surface area contributed by atoms with Gasteiger partial charge in [-0.25, -0.2) is 9.97 Å². The summed E-state index contributed by atoms with van der Waals surface area (Å²) in [6.07, 6.45) is 3.35. The molecule has 6 heteroatoms. The predicted molar refractivity (Wildman–Crippen MR) is 77.7 cm³/mol. The van der Waals surface area contributed by atoms with Crippen molar-refractivity contribution >= 4 is 44.9 Å². The van der Waals surface area contributed by atoms with Crippen molar-refractivity contribution in [1.29, 1.82) is 0 Å². The normalized spacial score (nSPS) is 11.4. The highest BCUT2D eigenvalue weighted by Crippen LogP contribution is 2.28. The number of nitrogens with one attached hydrogen (secondary N) is 1. The fraction of sp³-hybridized carbons (Fsp3) is 0.0833. The van der Waals surface area contributed by atoms with Gasteiger partial charge < -0.3 is 0 Å². The average molecular weight is 274 g/mol. The van der Waals surface area contributed by atoms with Crippen LogP contribution in [-0.2, 0) is 0 Å². The molecule has 0 unspecified atom stereocenters. The monoisotopic (exact) mass is 274 g/mol. The lowest BCUT2D eigenvalue weighted by Crippen LogP contribution is -1.93. The molecule has 0 aliphatic heterocycles. The van der Waals surface area contributed by atoms with Gasteiger partial charge in [-0.2, -0.15) is 5.10 Å². The Labute approximate surface area is 112 Å². The van der Waals surface area contributed by atoms with Gasteiger partial charge >= 0.3 is 0 Å². The van der Waals surface area contributed by atoms with E-state index in [1.165, 1.54) is 5.56 Å². The zero-order valence-corrected chi connectivity index (χ0v) is 11.3. The Balaban J connectivity index is 1.87. The third-order valence-corrected chi connectivity index (χ3v) is 4.34. The molecule has 0 saturated carbocycles. The van der Waals surface area contributed by atoms with Gasteiger partial charge in [-0.3, -0.25) is 5.43 Å². The summed E-state index contributed by atoms with van der Waals surface area (Å²) in [5, 5.41) is 8.29. The van der Waals surface area contributed by atoms with E-state index in [2.05, 4.69) is 25.9 Å². The Morgan fingerprint density at radius 2 is 2.28 bits per heavy atom. The number of nitrogens with zero attached hydrogens (tertiary/aromatic N) is 3. The molecule has 90 valence electrons. The molecule has 0 saturated heterocycles. The third-order valence-electron chi connectivity index (χ3n) is 2.44. The molecule has 0 spiro atoms. The number of rotatable bonds is 3. The number of anilines is 1. The quantitative estimate of drug-likeness (QED) is 0.587. The lowest BCUT2D eigenvalue weighted by molar-refractivity contribution is 1.18. The largest absolute Gasteiger partial charge is 0.260 e. The first-order valence-electron chi connectivity index (χ1n) is 5.36. The Morgan fingerprint density at radius 3 is 3.11 bits per heavy atom. The highest BCUT2D eigenvalue weighted by atomic mass is 32.1. The molecule has 0 aromatic carbocycles. The van der Waals surface area contributed by atoms with E-state index in [0.717, 1.165) is 20.9 Å². The molecule has 0 aliphatic rings. The van der Waals surface area contributed by atoms with Crippen LogP contribution in [0.2, 0.25) is 0 Å². The minimum atomic E-state index is 0.755. The van der Waals surface area contributed by atoms with Crippen molar-refractivity contribution in [3.8, 4) is 0 Å². The number of hydrazone groups is 1. The second-order valence-corrected chi connectivity index (χ2v) is 5.56. The van der Waals surface area contributed by atoms with Crippen LogP contribution in [0.4, 0.5) is 5.82 Å². The fourth-order valence-corrected chi connectivity index (χ4v) is 3.10. The molecule has 0 atom stereocenters. The van der Waals surface area contributed by atoms with Gasteiger partial charge in [-0.1, -0.05) is 6.07 Å². The summed E-state index contributed by atoms with van der Waals surface area (Å²) in [6.45, 7) is 2.05. The zero-order chi connectivity index (χ0) is 12.4. The number of aryl methyl sites for hydroxylation is 1. The molecule has 0 bridgehead atoms. The smallest absolute Gasteiger partial charge is 0.167 e. The van der Waals surface area contributed by atoms with E-state index in [0.29, 0.717) is 0 Å². The number of aromatic nitrogens is 2. The van der Waals surface area contributed by atoms with E-state index in [9.17, 15) is 0 Å².